The molecule has 7 N–H and O–H groups in total. The fourth-order valence-corrected chi connectivity index (χ4v) is 1.85. The van der Waals surface area contributed by atoms with Gasteiger partial charge in [0.25, 0.3) is 0 Å². The van der Waals surface area contributed by atoms with Gasteiger partial charge in [-0.25, -0.2) is 4.79 Å². The molecule has 0 aliphatic heterocycles. The SMILES string of the molecule is CCC(CC)C(N)=O.Nc1ccc(CNC(=O)NCCC(=O)O)cc1. The number of rotatable bonds is 8. The van der Waals surface area contributed by atoms with Gasteiger partial charge in [-0.2, -0.15) is 0 Å². The first-order chi connectivity index (χ1) is 11.8. The quantitative estimate of drug-likeness (QED) is 0.449. The lowest BCUT2D eigenvalue weighted by Gasteiger charge is -2.06. The van der Waals surface area contributed by atoms with Crippen LogP contribution in [-0.4, -0.2) is 29.6 Å². The summed E-state index contributed by atoms with van der Waals surface area (Å²) in [7, 11) is 0. The Morgan fingerprint density at radius 3 is 2.04 bits per heavy atom. The number of carbonyl (C=O) groups excluding carboxylic acids is 2. The minimum atomic E-state index is -0.941. The van der Waals surface area contributed by atoms with Crippen LogP contribution in [0, 0.1) is 5.92 Å². The number of nitrogen functional groups attached to an aromatic ring is 1. The van der Waals surface area contributed by atoms with Gasteiger partial charge in [-0.05, 0) is 30.5 Å². The van der Waals surface area contributed by atoms with Gasteiger partial charge in [-0.3, -0.25) is 9.59 Å². The van der Waals surface area contributed by atoms with Gasteiger partial charge in [0.05, 0.1) is 6.42 Å². The summed E-state index contributed by atoms with van der Waals surface area (Å²) in [5, 5.41) is 13.4. The summed E-state index contributed by atoms with van der Waals surface area (Å²) < 4.78 is 0. The second kappa shape index (κ2) is 12.6. The lowest BCUT2D eigenvalue weighted by atomic mass is 10.0. The molecule has 1 aromatic carbocycles. The Morgan fingerprint density at radius 2 is 1.64 bits per heavy atom. The number of amides is 3. The van der Waals surface area contributed by atoms with Crippen molar-refractivity contribution in [1.29, 1.82) is 0 Å². The van der Waals surface area contributed by atoms with Crippen LogP contribution in [0.25, 0.3) is 0 Å². The topological polar surface area (TPSA) is 148 Å². The van der Waals surface area contributed by atoms with E-state index in [0.29, 0.717) is 12.2 Å². The number of carboxylic acid groups (broad SMARTS) is 1. The van der Waals surface area contributed by atoms with Crippen molar-refractivity contribution in [2.45, 2.75) is 39.7 Å². The number of hydrogen-bond donors (Lipinski definition) is 5. The van der Waals surface area contributed by atoms with Crippen molar-refractivity contribution in [3.63, 3.8) is 0 Å². The number of carboxylic acids is 1. The normalized spacial score (nSPS) is 9.72. The molecule has 0 spiro atoms. The summed E-state index contributed by atoms with van der Waals surface area (Å²) in [5.74, 6) is -1.02. The molecule has 0 atom stereocenters. The maximum Gasteiger partial charge on any atom is 0.315 e. The van der Waals surface area contributed by atoms with E-state index >= 15 is 0 Å². The Labute approximate surface area is 148 Å². The van der Waals surface area contributed by atoms with Gasteiger partial charge < -0.3 is 27.2 Å². The zero-order chi connectivity index (χ0) is 19.2. The number of hydrogen-bond acceptors (Lipinski definition) is 4. The molecular weight excluding hydrogens is 324 g/mol. The number of anilines is 1. The van der Waals surface area contributed by atoms with Crippen LogP contribution >= 0.6 is 0 Å². The van der Waals surface area contributed by atoms with Gasteiger partial charge in [-0.15, -0.1) is 0 Å². The predicted octanol–water partition coefficient (Wildman–Crippen LogP) is 1.45. The van der Waals surface area contributed by atoms with Gasteiger partial charge in [0.2, 0.25) is 5.91 Å². The van der Waals surface area contributed by atoms with E-state index in [1.54, 1.807) is 12.1 Å². The van der Waals surface area contributed by atoms with Gasteiger partial charge >= 0.3 is 12.0 Å². The Bertz CT molecular complexity index is 542. The molecule has 1 aromatic rings. The fraction of sp³-hybridized carbons (Fsp3) is 0.471. The molecule has 0 radical (unpaired) electrons. The molecule has 25 heavy (non-hydrogen) atoms. The first-order valence-corrected chi connectivity index (χ1v) is 8.17. The van der Waals surface area contributed by atoms with E-state index in [2.05, 4.69) is 10.6 Å². The number of primary amides is 1. The van der Waals surface area contributed by atoms with Crippen molar-refractivity contribution < 1.29 is 19.5 Å². The Morgan fingerprint density at radius 1 is 1.08 bits per heavy atom. The average molecular weight is 352 g/mol. The smallest absolute Gasteiger partial charge is 0.315 e. The van der Waals surface area contributed by atoms with E-state index in [1.807, 2.05) is 26.0 Å². The summed E-state index contributed by atoms with van der Waals surface area (Å²) in [6.45, 7) is 4.43. The molecule has 8 nitrogen and oxygen atoms in total. The van der Waals surface area contributed by atoms with E-state index < -0.39 is 5.97 Å². The highest BCUT2D eigenvalue weighted by molar-refractivity contribution is 5.76. The summed E-state index contributed by atoms with van der Waals surface area (Å²) >= 11 is 0. The Hall–Kier alpha value is -2.77. The molecule has 0 saturated carbocycles. The van der Waals surface area contributed by atoms with Gasteiger partial charge in [0, 0.05) is 24.7 Å². The lowest BCUT2D eigenvalue weighted by molar-refractivity contribution is -0.136. The molecular formula is C17H28N4O4. The van der Waals surface area contributed by atoms with E-state index in [-0.39, 0.29) is 30.8 Å². The maximum atomic E-state index is 11.2. The van der Waals surface area contributed by atoms with Crippen LogP contribution < -0.4 is 22.1 Å². The van der Waals surface area contributed by atoms with E-state index in [9.17, 15) is 14.4 Å². The Kier molecular flexibility index (Phi) is 11.2. The third-order valence-electron chi connectivity index (χ3n) is 3.45. The van der Waals surface area contributed by atoms with Crippen molar-refractivity contribution in [2.24, 2.45) is 11.7 Å². The van der Waals surface area contributed by atoms with E-state index in [0.717, 1.165) is 18.4 Å². The van der Waals surface area contributed by atoms with Crippen molar-refractivity contribution in [2.75, 3.05) is 12.3 Å². The zero-order valence-corrected chi connectivity index (χ0v) is 14.7. The summed E-state index contributed by atoms with van der Waals surface area (Å²) in [4.78, 5) is 31.8. The number of nitrogens with one attached hydrogen (secondary N) is 2. The van der Waals surface area contributed by atoms with Crippen molar-refractivity contribution >= 4 is 23.6 Å². The molecule has 0 aromatic heterocycles. The second-order valence-electron chi connectivity index (χ2n) is 5.41. The zero-order valence-electron chi connectivity index (χ0n) is 14.7. The van der Waals surface area contributed by atoms with Crippen LogP contribution in [-0.2, 0) is 16.1 Å². The van der Waals surface area contributed by atoms with Gasteiger partial charge in [0.1, 0.15) is 0 Å². The molecule has 0 fully saturated rings. The summed E-state index contributed by atoms with van der Waals surface area (Å²) in [6.07, 6.45) is 1.65. The van der Waals surface area contributed by atoms with Crippen molar-refractivity contribution in [3.8, 4) is 0 Å². The average Bonchev–Trinajstić information content (AvgIpc) is 2.55. The van der Waals surface area contributed by atoms with E-state index in [1.165, 1.54) is 0 Å². The number of benzene rings is 1. The van der Waals surface area contributed by atoms with Crippen LogP contribution in [0.3, 0.4) is 0 Å². The first kappa shape index (κ1) is 22.2. The predicted molar refractivity (Wildman–Crippen MR) is 96.6 cm³/mol. The molecule has 0 unspecified atom stereocenters. The highest BCUT2D eigenvalue weighted by Crippen LogP contribution is 2.05. The summed E-state index contributed by atoms with van der Waals surface area (Å²) in [6, 6.07) is 6.74. The van der Waals surface area contributed by atoms with Crippen LogP contribution in [0.15, 0.2) is 24.3 Å². The second-order valence-corrected chi connectivity index (χ2v) is 5.41. The van der Waals surface area contributed by atoms with Gasteiger partial charge in [0.15, 0.2) is 0 Å². The van der Waals surface area contributed by atoms with Crippen molar-refractivity contribution in [1.82, 2.24) is 10.6 Å². The summed E-state index contributed by atoms with van der Waals surface area (Å²) in [5.41, 5.74) is 12.1. The molecule has 0 heterocycles. The van der Waals surface area contributed by atoms with Gasteiger partial charge in [-0.1, -0.05) is 26.0 Å². The lowest BCUT2D eigenvalue weighted by Crippen LogP contribution is -2.36. The third-order valence-corrected chi connectivity index (χ3v) is 3.45. The first-order valence-electron chi connectivity index (χ1n) is 8.17. The molecule has 0 saturated heterocycles. The molecule has 1 rings (SSSR count). The molecule has 140 valence electrons. The number of aliphatic carboxylic acids is 1. The Balaban J connectivity index is 0.000000609. The molecule has 3 amide bonds. The monoisotopic (exact) mass is 352 g/mol. The maximum absolute atomic E-state index is 11.2. The molecule has 0 aliphatic carbocycles. The molecule has 0 bridgehead atoms. The number of urea groups is 1. The minimum Gasteiger partial charge on any atom is -0.481 e. The number of carbonyl (C=O) groups is 3. The fourth-order valence-electron chi connectivity index (χ4n) is 1.85. The highest BCUT2D eigenvalue weighted by Gasteiger charge is 2.07. The molecule has 8 heteroatoms. The third kappa shape index (κ3) is 11.4. The highest BCUT2D eigenvalue weighted by atomic mass is 16.4. The van der Waals surface area contributed by atoms with E-state index in [4.69, 9.17) is 16.6 Å². The van der Waals surface area contributed by atoms with Crippen molar-refractivity contribution in [3.05, 3.63) is 29.8 Å². The van der Waals surface area contributed by atoms with Crippen LogP contribution in [0.4, 0.5) is 10.5 Å². The van der Waals surface area contributed by atoms with Crippen LogP contribution in [0.5, 0.6) is 0 Å². The largest absolute Gasteiger partial charge is 0.481 e. The van der Waals surface area contributed by atoms with Crippen LogP contribution in [0.2, 0.25) is 0 Å². The number of nitrogens with two attached hydrogens (primary N) is 2. The van der Waals surface area contributed by atoms with Crippen LogP contribution in [0.1, 0.15) is 38.7 Å². The minimum absolute atomic E-state index is 0.0880. The standard InChI is InChI=1S/C11H15N3O3.C6H13NO/c12-9-3-1-8(2-4-9)7-14-11(17)13-6-5-10(15)16;1-3-5(4-2)6(7)8/h1-4H,5-7,12H2,(H,15,16)(H2,13,14,17);5H,3-4H2,1-2H3,(H2,7,8). The molecule has 0 aliphatic rings.